The summed E-state index contributed by atoms with van der Waals surface area (Å²) in [5.74, 6) is 0.422. The maximum Gasteiger partial charge on any atom is 0.123 e. The van der Waals surface area contributed by atoms with Gasteiger partial charge in [0.1, 0.15) is 24.3 Å². The number of nitrogens with zero attached hydrogens (tertiary/aromatic N) is 2. The summed E-state index contributed by atoms with van der Waals surface area (Å²) in [6, 6.07) is 18.4. The zero-order valence-corrected chi connectivity index (χ0v) is 17.6. The number of fused-ring (bicyclic) bond motifs is 1. The summed E-state index contributed by atoms with van der Waals surface area (Å²) in [5, 5.41) is 21.7. The minimum atomic E-state index is -0.592. The quantitative estimate of drug-likeness (QED) is 0.582. The summed E-state index contributed by atoms with van der Waals surface area (Å²) in [4.78, 5) is 4.46. The Morgan fingerprint density at radius 2 is 1.65 bits per heavy atom. The van der Waals surface area contributed by atoms with Crippen molar-refractivity contribution in [2.45, 2.75) is 6.10 Å². The van der Waals surface area contributed by atoms with Crippen LogP contribution in [0.3, 0.4) is 0 Å². The van der Waals surface area contributed by atoms with Crippen molar-refractivity contribution >= 4 is 10.8 Å². The summed E-state index contributed by atoms with van der Waals surface area (Å²) in [6.45, 7) is 5.21. The second-order valence-corrected chi connectivity index (χ2v) is 8.03. The van der Waals surface area contributed by atoms with Crippen LogP contribution in [-0.2, 0) is 0 Å². The molecule has 31 heavy (non-hydrogen) atoms. The van der Waals surface area contributed by atoms with Crippen molar-refractivity contribution in [3.8, 4) is 16.9 Å². The lowest BCUT2D eigenvalue weighted by Gasteiger charge is -2.35. The molecule has 1 aliphatic heterocycles. The average molecular weight is 425 g/mol. The Hall–Kier alpha value is -2.51. The monoisotopic (exact) mass is 424 g/mol. The lowest BCUT2D eigenvalue weighted by molar-refractivity contribution is 0.0429. The molecule has 5 nitrogen and oxygen atoms in total. The number of rotatable bonds is 8. The van der Waals surface area contributed by atoms with E-state index in [0.29, 0.717) is 18.8 Å². The van der Waals surface area contributed by atoms with Crippen molar-refractivity contribution in [1.82, 2.24) is 9.80 Å². The predicted octanol–water partition coefficient (Wildman–Crippen LogP) is 3.00. The standard InChI is InChI=1S/C25H29FN2O3/c26-21-7-5-19(6-8-21)25-16-23(15-20-3-1-2-4-24(20)25)31-18-22(30)17-28-11-9-27(10-12-28)13-14-29/h1-8,15-16,22,29-30H,9-14,17-18H2. The van der Waals surface area contributed by atoms with Gasteiger partial charge in [0.15, 0.2) is 0 Å². The number of hydrogen-bond acceptors (Lipinski definition) is 5. The topological polar surface area (TPSA) is 56.2 Å². The fourth-order valence-electron chi connectivity index (χ4n) is 4.11. The predicted molar refractivity (Wildman–Crippen MR) is 121 cm³/mol. The molecule has 0 bridgehead atoms. The molecule has 1 fully saturated rings. The minimum absolute atomic E-state index is 0.183. The maximum atomic E-state index is 13.4. The van der Waals surface area contributed by atoms with Crippen LogP contribution in [-0.4, -0.2) is 78.6 Å². The Bertz CT molecular complexity index is 988. The van der Waals surface area contributed by atoms with Gasteiger partial charge in [-0.15, -0.1) is 0 Å². The first-order valence-corrected chi connectivity index (χ1v) is 10.8. The first-order valence-electron chi connectivity index (χ1n) is 10.8. The highest BCUT2D eigenvalue weighted by Gasteiger charge is 2.19. The molecule has 0 aliphatic carbocycles. The number of aliphatic hydroxyl groups is 2. The van der Waals surface area contributed by atoms with Crippen molar-refractivity contribution < 1.29 is 19.3 Å². The summed E-state index contributed by atoms with van der Waals surface area (Å²) in [5.41, 5.74) is 1.90. The molecule has 164 valence electrons. The largest absolute Gasteiger partial charge is 0.491 e. The van der Waals surface area contributed by atoms with Crippen molar-refractivity contribution in [2.75, 3.05) is 52.5 Å². The molecule has 2 N–H and O–H groups in total. The van der Waals surface area contributed by atoms with Gasteiger partial charge in [0.25, 0.3) is 0 Å². The summed E-state index contributed by atoms with van der Waals surface area (Å²) in [7, 11) is 0. The van der Waals surface area contributed by atoms with E-state index in [-0.39, 0.29) is 19.0 Å². The second-order valence-electron chi connectivity index (χ2n) is 8.03. The lowest BCUT2D eigenvalue weighted by Crippen LogP contribution is -2.49. The molecule has 0 radical (unpaired) electrons. The third-order valence-corrected chi connectivity index (χ3v) is 5.78. The van der Waals surface area contributed by atoms with Crippen LogP contribution in [0.5, 0.6) is 5.75 Å². The number of hydrogen-bond donors (Lipinski definition) is 2. The summed E-state index contributed by atoms with van der Waals surface area (Å²) in [6.07, 6.45) is -0.592. The molecular formula is C25H29FN2O3. The van der Waals surface area contributed by atoms with Gasteiger partial charge in [-0.2, -0.15) is 0 Å². The SMILES string of the molecule is OCCN1CCN(CC(O)COc2cc(-c3ccc(F)cc3)c3ccccc3c2)CC1. The van der Waals surface area contributed by atoms with Crippen molar-refractivity contribution in [3.63, 3.8) is 0 Å². The van der Waals surface area contributed by atoms with Gasteiger partial charge >= 0.3 is 0 Å². The Kier molecular flexibility index (Phi) is 7.14. The second kappa shape index (κ2) is 10.2. The molecule has 1 atom stereocenters. The molecule has 0 saturated carbocycles. The number of halogens is 1. The normalized spacial score (nSPS) is 16.5. The summed E-state index contributed by atoms with van der Waals surface area (Å²) < 4.78 is 19.4. The van der Waals surface area contributed by atoms with Crippen molar-refractivity contribution in [1.29, 1.82) is 0 Å². The van der Waals surface area contributed by atoms with Crippen LogP contribution in [0, 0.1) is 5.82 Å². The first-order chi connectivity index (χ1) is 15.1. The van der Waals surface area contributed by atoms with Crippen LogP contribution in [0.4, 0.5) is 4.39 Å². The Morgan fingerprint density at radius 1 is 0.935 bits per heavy atom. The van der Waals surface area contributed by atoms with E-state index >= 15 is 0 Å². The number of ether oxygens (including phenoxy) is 1. The number of benzene rings is 3. The molecule has 6 heteroatoms. The Morgan fingerprint density at radius 3 is 2.39 bits per heavy atom. The molecule has 3 aromatic rings. The lowest BCUT2D eigenvalue weighted by atomic mass is 9.98. The van der Waals surface area contributed by atoms with Gasteiger partial charge in [0.05, 0.1) is 6.61 Å². The Balaban J connectivity index is 1.42. The van der Waals surface area contributed by atoms with Gasteiger partial charge in [0, 0.05) is 39.3 Å². The molecule has 3 aromatic carbocycles. The van der Waals surface area contributed by atoms with E-state index < -0.39 is 6.10 Å². The smallest absolute Gasteiger partial charge is 0.123 e. The van der Waals surface area contributed by atoms with E-state index in [2.05, 4.69) is 9.80 Å². The van der Waals surface area contributed by atoms with Gasteiger partial charge in [-0.25, -0.2) is 4.39 Å². The molecule has 1 heterocycles. The van der Waals surface area contributed by atoms with Gasteiger partial charge in [-0.05, 0) is 46.2 Å². The molecule has 4 rings (SSSR count). The fourth-order valence-corrected chi connectivity index (χ4v) is 4.11. The van der Waals surface area contributed by atoms with Crippen LogP contribution in [0.1, 0.15) is 0 Å². The van der Waals surface area contributed by atoms with Crippen molar-refractivity contribution in [2.24, 2.45) is 0 Å². The van der Waals surface area contributed by atoms with Gasteiger partial charge < -0.3 is 14.9 Å². The Labute approximate surface area is 182 Å². The molecular weight excluding hydrogens is 395 g/mol. The number of aliphatic hydroxyl groups excluding tert-OH is 2. The van der Waals surface area contributed by atoms with Crippen LogP contribution in [0.2, 0.25) is 0 Å². The van der Waals surface area contributed by atoms with Gasteiger partial charge in [0.2, 0.25) is 0 Å². The molecule has 1 unspecified atom stereocenters. The zero-order chi connectivity index (χ0) is 21.6. The minimum Gasteiger partial charge on any atom is -0.491 e. The number of piperazine rings is 1. The van der Waals surface area contributed by atoms with E-state index in [1.165, 1.54) is 12.1 Å². The maximum absolute atomic E-state index is 13.4. The van der Waals surface area contributed by atoms with Crippen LogP contribution < -0.4 is 4.74 Å². The van der Waals surface area contributed by atoms with E-state index in [9.17, 15) is 9.50 Å². The highest BCUT2D eigenvalue weighted by Crippen LogP contribution is 2.33. The average Bonchev–Trinajstić information content (AvgIpc) is 2.79. The van der Waals surface area contributed by atoms with Crippen LogP contribution >= 0.6 is 0 Å². The number of β-amino-alcohol motifs (C(OH)–C–C–N with tert-alkyl or cyclic N) is 2. The van der Waals surface area contributed by atoms with Crippen LogP contribution in [0.25, 0.3) is 21.9 Å². The van der Waals surface area contributed by atoms with E-state index in [1.807, 2.05) is 36.4 Å². The van der Waals surface area contributed by atoms with Gasteiger partial charge in [-0.1, -0.05) is 36.4 Å². The molecule has 1 aliphatic rings. The fraction of sp³-hybridized carbons (Fsp3) is 0.360. The van der Waals surface area contributed by atoms with Gasteiger partial charge in [-0.3, -0.25) is 9.80 Å². The molecule has 0 spiro atoms. The third-order valence-electron chi connectivity index (χ3n) is 5.78. The first kappa shape index (κ1) is 21.7. The van der Waals surface area contributed by atoms with E-state index in [4.69, 9.17) is 9.84 Å². The zero-order valence-electron chi connectivity index (χ0n) is 17.6. The summed E-state index contributed by atoms with van der Waals surface area (Å²) >= 11 is 0. The van der Waals surface area contributed by atoms with Crippen molar-refractivity contribution in [3.05, 3.63) is 66.5 Å². The molecule has 1 saturated heterocycles. The van der Waals surface area contributed by atoms with E-state index in [0.717, 1.165) is 48.1 Å². The third kappa shape index (κ3) is 5.60. The van der Waals surface area contributed by atoms with E-state index in [1.54, 1.807) is 12.1 Å². The highest BCUT2D eigenvalue weighted by molar-refractivity contribution is 5.97. The van der Waals surface area contributed by atoms with Crippen LogP contribution in [0.15, 0.2) is 60.7 Å². The molecule has 0 aromatic heterocycles. The molecule has 0 amide bonds. The highest BCUT2D eigenvalue weighted by atomic mass is 19.1.